The van der Waals surface area contributed by atoms with E-state index in [9.17, 15) is 0 Å². The monoisotopic (exact) mass is 260 g/mol. The highest BCUT2D eigenvalue weighted by Gasteiger charge is 2.14. The van der Waals surface area contributed by atoms with Crippen LogP contribution in [0.2, 0.25) is 0 Å². The van der Waals surface area contributed by atoms with Crippen LogP contribution in [0.5, 0.6) is 0 Å². The molecular formula is C17H28N2. The van der Waals surface area contributed by atoms with Gasteiger partial charge in [-0.25, -0.2) is 0 Å². The molecule has 0 saturated carbocycles. The summed E-state index contributed by atoms with van der Waals surface area (Å²) in [5.74, 6) is 1.53. The van der Waals surface area contributed by atoms with Gasteiger partial charge in [-0.2, -0.15) is 0 Å². The highest BCUT2D eigenvalue weighted by atomic mass is 15.1. The van der Waals surface area contributed by atoms with Gasteiger partial charge < -0.3 is 10.2 Å². The second-order valence-corrected chi connectivity index (χ2v) is 6.04. The summed E-state index contributed by atoms with van der Waals surface area (Å²) in [6.45, 7) is 10.6. The van der Waals surface area contributed by atoms with E-state index in [-0.39, 0.29) is 0 Å². The minimum Gasteiger partial charge on any atom is -0.315 e. The summed E-state index contributed by atoms with van der Waals surface area (Å²) in [6, 6.07) is 10.8. The van der Waals surface area contributed by atoms with Gasteiger partial charge in [-0.05, 0) is 43.3 Å². The van der Waals surface area contributed by atoms with Gasteiger partial charge in [0.25, 0.3) is 0 Å². The van der Waals surface area contributed by atoms with Crippen LogP contribution in [0.15, 0.2) is 30.3 Å². The first-order valence-electron chi connectivity index (χ1n) is 7.73. The van der Waals surface area contributed by atoms with E-state index in [4.69, 9.17) is 0 Å². The quantitative estimate of drug-likeness (QED) is 0.791. The van der Waals surface area contributed by atoms with Crippen LogP contribution in [0.1, 0.15) is 38.2 Å². The Hall–Kier alpha value is -0.860. The lowest BCUT2D eigenvalue weighted by molar-refractivity contribution is 0.193. The maximum absolute atomic E-state index is 3.60. The largest absolute Gasteiger partial charge is 0.315 e. The van der Waals surface area contributed by atoms with Crippen LogP contribution in [0, 0.1) is 5.92 Å². The van der Waals surface area contributed by atoms with Crippen LogP contribution in [-0.2, 0) is 0 Å². The number of benzene rings is 1. The third-order valence-electron chi connectivity index (χ3n) is 4.30. The molecule has 1 aromatic rings. The molecule has 1 heterocycles. The van der Waals surface area contributed by atoms with Crippen molar-refractivity contribution in [1.82, 2.24) is 10.2 Å². The van der Waals surface area contributed by atoms with E-state index in [0.29, 0.717) is 5.92 Å². The SMILES string of the molecule is CC1CCN(CCNCC(C)c2ccccc2)CC1. The predicted octanol–water partition coefficient (Wildman–Crippen LogP) is 3.11. The number of likely N-dealkylation sites (tertiary alicyclic amines) is 1. The van der Waals surface area contributed by atoms with E-state index in [1.165, 1.54) is 38.0 Å². The zero-order chi connectivity index (χ0) is 13.5. The highest BCUT2D eigenvalue weighted by Crippen LogP contribution is 2.15. The van der Waals surface area contributed by atoms with Gasteiger partial charge in [-0.1, -0.05) is 44.2 Å². The third kappa shape index (κ3) is 4.96. The van der Waals surface area contributed by atoms with Gasteiger partial charge in [0.2, 0.25) is 0 Å². The minimum atomic E-state index is 0.600. The van der Waals surface area contributed by atoms with Crippen LogP contribution in [0.25, 0.3) is 0 Å². The fraction of sp³-hybridized carbons (Fsp3) is 0.647. The lowest BCUT2D eigenvalue weighted by Crippen LogP contribution is -2.38. The standard InChI is InChI=1S/C17H28N2/c1-15-8-11-19(12-9-15)13-10-18-14-16(2)17-6-4-3-5-7-17/h3-7,15-16,18H,8-14H2,1-2H3. The van der Waals surface area contributed by atoms with Crippen molar-refractivity contribution in [2.45, 2.75) is 32.6 Å². The lowest BCUT2D eigenvalue weighted by Gasteiger charge is -2.30. The molecule has 0 amide bonds. The zero-order valence-electron chi connectivity index (χ0n) is 12.4. The lowest BCUT2D eigenvalue weighted by atomic mass is 9.99. The molecule has 106 valence electrons. The molecule has 1 N–H and O–H groups in total. The molecule has 2 rings (SSSR count). The van der Waals surface area contributed by atoms with Gasteiger partial charge in [-0.3, -0.25) is 0 Å². The zero-order valence-corrected chi connectivity index (χ0v) is 12.4. The first kappa shape index (κ1) is 14.5. The van der Waals surface area contributed by atoms with Gasteiger partial charge in [0, 0.05) is 19.6 Å². The molecule has 0 aliphatic carbocycles. The van der Waals surface area contributed by atoms with Crippen LogP contribution in [-0.4, -0.2) is 37.6 Å². The van der Waals surface area contributed by atoms with Crippen molar-refractivity contribution in [3.8, 4) is 0 Å². The number of rotatable bonds is 6. The summed E-state index contributed by atoms with van der Waals surface area (Å²) in [5.41, 5.74) is 1.43. The molecule has 1 unspecified atom stereocenters. The van der Waals surface area contributed by atoms with Gasteiger partial charge in [0.05, 0.1) is 0 Å². The summed E-state index contributed by atoms with van der Waals surface area (Å²) in [6.07, 6.45) is 2.75. The Balaban J connectivity index is 1.59. The molecule has 1 saturated heterocycles. The molecule has 1 atom stereocenters. The van der Waals surface area contributed by atoms with E-state index < -0.39 is 0 Å². The van der Waals surface area contributed by atoms with Crippen molar-refractivity contribution in [1.29, 1.82) is 0 Å². The van der Waals surface area contributed by atoms with E-state index in [0.717, 1.165) is 19.0 Å². The molecule has 0 aromatic heterocycles. The second-order valence-electron chi connectivity index (χ2n) is 6.04. The molecule has 1 aliphatic rings. The Kier molecular flexibility index (Phi) is 5.87. The van der Waals surface area contributed by atoms with Gasteiger partial charge >= 0.3 is 0 Å². The Bertz CT molecular complexity index is 342. The van der Waals surface area contributed by atoms with Crippen molar-refractivity contribution < 1.29 is 0 Å². The molecular weight excluding hydrogens is 232 g/mol. The molecule has 1 aromatic carbocycles. The fourth-order valence-electron chi connectivity index (χ4n) is 2.74. The minimum absolute atomic E-state index is 0.600. The van der Waals surface area contributed by atoms with E-state index in [1.54, 1.807) is 0 Å². The number of hydrogen-bond donors (Lipinski definition) is 1. The Morgan fingerprint density at radius 1 is 1.21 bits per heavy atom. The van der Waals surface area contributed by atoms with Crippen LogP contribution >= 0.6 is 0 Å². The molecule has 0 spiro atoms. The van der Waals surface area contributed by atoms with Crippen LogP contribution in [0.4, 0.5) is 0 Å². The summed E-state index contributed by atoms with van der Waals surface area (Å²) >= 11 is 0. The average molecular weight is 260 g/mol. The molecule has 0 bridgehead atoms. The normalized spacial score (nSPS) is 19.5. The third-order valence-corrected chi connectivity index (χ3v) is 4.30. The molecule has 2 heteroatoms. The maximum atomic E-state index is 3.60. The van der Waals surface area contributed by atoms with Crippen LogP contribution in [0.3, 0.4) is 0 Å². The van der Waals surface area contributed by atoms with Crippen molar-refractivity contribution in [3.05, 3.63) is 35.9 Å². The van der Waals surface area contributed by atoms with Gasteiger partial charge in [0.1, 0.15) is 0 Å². The summed E-state index contributed by atoms with van der Waals surface area (Å²) in [7, 11) is 0. The Morgan fingerprint density at radius 3 is 2.58 bits per heavy atom. The molecule has 19 heavy (non-hydrogen) atoms. The van der Waals surface area contributed by atoms with Crippen molar-refractivity contribution in [2.75, 3.05) is 32.7 Å². The molecule has 2 nitrogen and oxygen atoms in total. The average Bonchev–Trinajstić information content (AvgIpc) is 2.46. The van der Waals surface area contributed by atoms with Crippen molar-refractivity contribution in [2.24, 2.45) is 5.92 Å². The fourth-order valence-corrected chi connectivity index (χ4v) is 2.74. The summed E-state index contributed by atoms with van der Waals surface area (Å²) < 4.78 is 0. The number of hydrogen-bond acceptors (Lipinski definition) is 2. The predicted molar refractivity (Wildman–Crippen MR) is 82.6 cm³/mol. The topological polar surface area (TPSA) is 15.3 Å². The summed E-state index contributed by atoms with van der Waals surface area (Å²) in [4.78, 5) is 2.60. The van der Waals surface area contributed by atoms with Crippen LogP contribution < -0.4 is 5.32 Å². The van der Waals surface area contributed by atoms with E-state index in [1.807, 2.05) is 0 Å². The first-order valence-corrected chi connectivity index (χ1v) is 7.73. The number of nitrogens with one attached hydrogen (secondary N) is 1. The molecule has 1 fully saturated rings. The Morgan fingerprint density at radius 2 is 1.89 bits per heavy atom. The highest BCUT2D eigenvalue weighted by molar-refractivity contribution is 5.18. The maximum Gasteiger partial charge on any atom is 0.0107 e. The Labute approximate surface area is 118 Å². The molecule has 0 radical (unpaired) electrons. The first-order chi connectivity index (χ1) is 9.25. The second kappa shape index (κ2) is 7.66. The van der Waals surface area contributed by atoms with Gasteiger partial charge in [-0.15, -0.1) is 0 Å². The number of piperidine rings is 1. The van der Waals surface area contributed by atoms with Crippen molar-refractivity contribution in [3.63, 3.8) is 0 Å². The van der Waals surface area contributed by atoms with Gasteiger partial charge in [0.15, 0.2) is 0 Å². The summed E-state index contributed by atoms with van der Waals surface area (Å²) in [5, 5.41) is 3.60. The van der Waals surface area contributed by atoms with Crippen molar-refractivity contribution >= 4 is 0 Å². The van der Waals surface area contributed by atoms with E-state index >= 15 is 0 Å². The molecule has 1 aliphatic heterocycles. The number of nitrogens with zero attached hydrogens (tertiary/aromatic N) is 1. The van der Waals surface area contributed by atoms with E-state index in [2.05, 4.69) is 54.4 Å². The smallest absolute Gasteiger partial charge is 0.0107 e.